The van der Waals surface area contributed by atoms with E-state index in [-0.39, 0.29) is 12.3 Å². The number of amides is 1. The molecule has 36 heavy (non-hydrogen) atoms. The number of carboxylic acid groups (broad SMARTS) is 1. The van der Waals surface area contributed by atoms with Crippen molar-refractivity contribution in [2.45, 2.75) is 64.5 Å². The number of hydrogen-bond donors (Lipinski definition) is 3. The third-order valence-electron chi connectivity index (χ3n) is 6.57. The maximum absolute atomic E-state index is 12.1. The molecule has 7 nitrogen and oxygen atoms in total. The highest BCUT2D eigenvalue weighted by molar-refractivity contribution is 5.90. The van der Waals surface area contributed by atoms with Gasteiger partial charge in [0, 0.05) is 75.0 Å². The number of fused-ring (bicyclic) bond motifs is 2. The number of hydrogen-bond acceptors (Lipinski definition) is 4. The lowest BCUT2D eigenvalue weighted by atomic mass is 10.1. The van der Waals surface area contributed by atoms with Crippen LogP contribution in [0.25, 0.3) is 21.8 Å². The molecule has 3 aromatic rings. The Morgan fingerprint density at radius 2 is 1.56 bits per heavy atom. The Labute approximate surface area is 214 Å². The molecule has 0 aliphatic rings. The first kappa shape index (κ1) is 27.4. The van der Waals surface area contributed by atoms with Crippen LogP contribution in [0, 0.1) is 0 Å². The van der Waals surface area contributed by atoms with Gasteiger partial charge in [-0.05, 0) is 62.6 Å². The molecule has 1 heterocycles. The number of nitrogens with zero attached hydrogens (tertiary/aromatic N) is 2. The fraction of sp³-hybridized carbons (Fsp3) is 0.483. The standard InChI is InChI=1S/C29H40N4O3/c1-30-21-22-12-13-23-19-24-14-15-25(32(2)3)20-27(24)33(26(23)18-22)17-9-5-6-10-28(34)31-16-8-4-7-11-29(35)36/h12-15,18-20,30H,4-11,16-17,21H2,1-3H3,(H-,31,34,35,36)/p+1. The fourth-order valence-corrected chi connectivity index (χ4v) is 4.59. The van der Waals surface area contributed by atoms with Crippen LogP contribution in [0.2, 0.25) is 0 Å². The monoisotopic (exact) mass is 493 g/mol. The average molecular weight is 494 g/mol. The van der Waals surface area contributed by atoms with Gasteiger partial charge in [0.25, 0.3) is 0 Å². The van der Waals surface area contributed by atoms with Gasteiger partial charge < -0.3 is 20.6 Å². The molecule has 1 aromatic heterocycles. The first-order valence-corrected chi connectivity index (χ1v) is 13.1. The molecule has 0 saturated heterocycles. The maximum Gasteiger partial charge on any atom is 0.303 e. The largest absolute Gasteiger partial charge is 0.481 e. The Morgan fingerprint density at radius 3 is 2.28 bits per heavy atom. The molecule has 0 aliphatic carbocycles. The minimum atomic E-state index is -0.759. The topological polar surface area (TPSA) is 85.5 Å². The van der Waals surface area contributed by atoms with Crippen molar-refractivity contribution in [2.75, 3.05) is 32.6 Å². The zero-order chi connectivity index (χ0) is 25.9. The molecule has 1 amide bonds. The Kier molecular flexibility index (Phi) is 10.5. The molecular formula is C29H41N4O3+. The number of nitrogens with one attached hydrogen (secondary N) is 2. The van der Waals surface area contributed by atoms with Crippen molar-refractivity contribution in [1.29, 1.82) is 0 Å². The predicted molar refractivity (Wildman–Crippen MR) is 146 cm³/mol. The summed E-state index contributed by atoms with van der Waals surface area (Å²) in [6, 6.07) is 15.6. The number of benzene rings is 2. The van der Waals surface area contributed by atoms with Crippen molar-refractivity contribution in [3.05, 3.63) is 48.0 Å². The lowest BCUT2D eigenvalue weighted by Gasteiger charge is -2.14. The molecular weight excluding hydrogens is 452 g/mol. The molecule has 194 valence electrons. The summed E-state index contributed by atoms with van der Waals surface area (Å²) in [7, 11) is 6.11. The number of aliphatic carboxylic acids is 1. The van der Waals surface area contributed by atoms with Gasteiger partial charge in [-0.3, -0.25) is 9.59 Å². The number of aryl methyl sites for hydroxylation is 1. The van der Waals surface area contributed by atoms with Gasteiger partial charge in [0.05, 0.1) is 0 Å². The van der Waals surface area contributed by atoms with E-state index in [1.165, 1.54) is 33.1 Å². The van der Waals surface area contributed by atoms with Crippen molar-refractivity contribution in [2.24, 2.45) is 0 Å². The van der Waals surface area contributed by atoms with Gasteiger partial charge in [-0.25, -0.2) is 0 Å². The zero-order valence-corrected chi connectivity index (χ0v) is 22.0. The minimum absolute atomic E-state index is 0.0869. The summed E-state index contributed by atoms with van der Waals surface area (Å²) in [5.41, 5.74) is 4.92. The molecule has 0 bridgehead atoms. The number of carboxylic acids is 1. The van der Waals surface area contributed by atoms with Crippen LogP contribution in [0.15, 0.2) is 42.5 Å². The van der Waals surface area contributed by atoms with Crippen molar-refractivity contribution in [3.8, 4) is 0 Å². The third kappa shape index (κ3) is 7.92. The van der Waals surface area contributed by atoms with Crippen LogP contribution in [0.4, 0.5) is 5.69 Å². The minimum Gasteiger partial charge on any atom is -0.481 e. The molecule has 7 heteroatoms. The number of anilines is 1. The third-order valence-corrected chi connectivity index (χ3v) is 6.57. The fourth-order valence-electron chi connectivity index (χ4n) is 4.59. The van der Waals surface area contributed by atoms with Crippen molar-refractivity contribution < 1.29 is 19.3 Å². The van der Waals surface area contributed by atoms with Crippen LogP contribution < -0.4 is 20.1 Å². The molecule has 3 rings (SSSR count). The second-order valence-corrected chi connectivity index (χ2v) is 9.72. The quantitative estimate of drug-likeness (QED) is 0.166. The van der Waals surface area contributed by atoms with Crippen molar-refractivity contribution >= 4 is 39.4 Å². The Bertz CT molecular complexity index is 1180. The Balaban J connectivity index is 1.61. The molecule has 0 unspecified atom stereocenters. The molecule has 0 spiro atoms. The van der Waals surface area contributed by atoms with Crippen LogP contribution in [-0.2, 0) is 22.7 Å². The molecule has 0 saturated carbocycles. The van der Waals surface area contributed by atoms with E-state index in [0.29, 0.717) is 19.4 Å². The number of rotatable bonds is 15. The van der Waals surface area contributed by atoms with Gasteiger partial charge in [0.2, 0.25) is 16.9 Å². The lowest BCUT2D eigenvalue weighted by molar-refractivity contribution is -0.645. The summed E-state index contributed by atoms with van der Waals surface area (Å²) in [5.74, 6) is -0.672. The SMILES string of the molecule is CNCc1ccc2cc3ccc(N(C)C)cc3[n+](CCCCCC(=O)NCCCCCC(=O)O)c2c1. The van der Waals surface area contributed by atoms with E-state index < -0.39 is 5.97 Å². The molecule has 2 aromatic carbocycles. The summed E-state index contributed by atoms with van der Waals surface area (Å²) in [4.78, 5) is 24.8. The molecule has 3 N–H and O–H groups in total. The summed E-state index contributed by atoms with van der Waals surface area (Å²) in [6.45, 7) is 2.36. The van der Waals surface area contributed by atoms with Crippen LogP contribution in [0.5, 0.6) is 0 Å². The highest BCUT2D eigenvalue weighted by atomic mass is 16.4. The number of aromatic nitrogens is 1. The highest BCUT2D eigenvalue weighted by Crippen LogP contribution is 2.24. The van der Waals surface area contributed by atoms with E-state index in [9.17, 15) is 9.59 Å². The summed E-state index contributed by atoms with van der Waals surface area (Å²) in [6.07, 6.45) is 5.91. The van der Waals surface area contributed by atoms with Crippen LogP contribution in [0.3, 0.4) is 0 Å². The number of carbonyl (C=O) groups is 2. The lowest BCUT2D eigenvalue weighted by Crippen LogP contribution is -2.36. The highest BCUT2D eigenvalue weighted by Gasteiger charge is 2.17. The Hall–Kier alpha value is -3.19. The first-order chi connectivity index (χ1) is 17.4. The molecule has 0 radical (unpaired) electrons. The van der Waals surface area contributed by atoms with Gasteiger partial charge in [0.1, 0.15) is 6.54 Å². The predicted octanol–water partition coefficient (Wildman–Crippen LogP) is 4.39. The van der Waals surface area contributed by atoms with E-state index in [4.69, 9.17) is 5.11 Å². The molecule has 0 fully saturated rings. The molecule has 0 atom stereocenters. The van der Waals surface area contributed by atoms with E-state index in [0.717, 1.165) is 45.2 Å². The average Bonchev–Trinajstić information content (AvgIpc) is 2.85. The summed E-state index contributed by atoms with van der Waals surface area (Å²) >= 11 is 0. The van der Waals surface area contributed by atoms with Crippen molar-refractivity contribution in [3.63, 3.8) is 0 Å². The van der Waals surface area contributed by atoms with Crippen LogP contribution >= 0.6 is 0 Å². The van der Waals surface area contributed by atoms with Crippen LogP contribution in [0.1, 0.15) is 56.9 Å². The molecule has 0 aliphatic heterocycles. The van der Waals surface area contributed by atoms with Gasteiger partial charge in [-0.1, -0.05) is 12.5 Å². The van der Waals surface area contributed by atoms with Crippen LogP contribution in [-0.4, -0.2) is 44.7 Å². The number of carbonyl (C=O) groups excluding carboxylic acids is 1. The summed E-state index contributed by atoms with van der Waals surface area (Å²) < 4.78 is 2.44. The Morgan fingerprint density at radius 1 is 0.861 bits per heavy atom. The van der Waals surface area contributed by atoms with Gasteiger partial charge in [-0.2, -0.15) is 4.57 Å². The summed E-state index contributed by atoms with van der Waals surface area (Å²) in [5, 5.41) is 17.4. The van der Waals surface area contributed by atoms with Gasteiger partial charge in [-0.15, -0.1) is 0 Å². The zero-order valence-electron chi connectivity index (χ0n) is 22.0. The normalized spacial score (nSPS) is 11.2. The van der Waals surface area contributed by atoms with Crippen molar-refractivity contribution in [1.82, 2.24) is 10.6 Å². The van der Waals surface area contributed by atoms with Gasteiger partial charge >= 0.3 is 5.97 Å². The van der Waals surface area contributed by atoms with Gasteiger partial charge in [0.15, 0.2) is 0 Å². The maximum atomic E-state index is 12.1. The number of pyridine rings is 1. The number of unbranched alkanes of at least 4 members (excludes halogenated alkanes) is 4. The smallest absolute Gasteiger partial charge is 0.303 e. The van der Waals surface area contributed by atoms with E-state index in [1.54, 1.807) is 0 Å². The van der Waals surface area contributed by atoms with E-state index >= 15 is 0 Å². The second kappa shape index (κ2) is 13.8. The van der Waals surface area contributed by atoms with E-state index in [2.05, 4.69) is 76.7 Å². The second-order valence-electron chi connectivity index (χ2n) is 9.72. The van der Waals surface area contributed by atoms with E-state index in [1.807, 2.05) is 7.05 Å². The first-order valence-electron chi connectivity index (χ1n) is 13.1.